The molecule has 1 atom stereocenters. The van der Waals surface area contributed by atoms with E-state index in [2.05, 4.69) is 10.3 Å². The Morgan fingerprint density at radius 2 is 2.14 bits per heavy atom. The predicted octanol–water partition coefficient (Wildman–Crippen LogP) is 2.15. The van der Waals surface area contributed by atoms with Gasteiger partial charge < -0.3 is 15.1 Å². The van der Waals surface area contributed by atoms with Crippen molar-refractivity contribution in [2.24, 2.45) is 0 Å². The molecule has 0 bridgehead atoms. The number of aromatic nitrogens is 2. The summed E-state index contributed by atoms with van der Waals surface area (Å²) in [6, 6.07) is 6.02. The van der Waals surface area contributed by atoms with Crippen LogP contribution in [0.5, 0.6) is 0 Å². The van der Waals surface area contributed by atoms with Crippen LogP contribution in [0.4, 0.5) is 10.3 Å². The fourth-order valence-corrected chi connectivity index (χ4v) is 3.38. The molecule has 0 unspecified atom stereocenters. The van der Waals surface area contributed by atoms with E-state index in [1.165, 1.54) is 19.1 Å². The van der Waals surface area contributed by atoms with E-state index in [1.807, 2.05) is 14.1 Å². The molecule has 3 rings (SSSR count). The summed E-state index contributed by atoms with van der Waals surface area (Å²) in [6.07, 6.45) is 3.26. The van der Waals surface area contributed by atoms with Crippen LogP contribution in [0.3, 0.4) is 0 Å². The summed E-state index contributed by atoms with van der Waals surface area (Å²) in [6.45, 7) is 1.92. The lowest BCUT2D eigenvalue weighted by Gasteiger charge is -2.27. The third-order valence-corrected chi connectivity index (χ3v) is 4.72. The summed E-state index contributed by atoms with van der Waals surface area (Å²) in [7, 11) is 3.69. The average Bonchev–Trinajstić information content (AvgIpc) is 3.15. The fourth-order valence-electron chi connectivity index (χ4n) is 3.38. The number of carbonyl (C=O) groups excluding carboxylic acids is 2. The standard InChI is InChI=1S/C20H24FN5O2/c1-13(27)22-12-18(28)26-9-5-8-17(26)19-16(11-23-20(24-19)25(2)3)14-6-4-7-15(21)10-14/h4,6-7,10-11,17H,5,8-9,12H2,1-3H3,(H,22,27)/t17-/m0/s1. The van der Waals surface area contributed by atoms with Crippen molar-refractivity contribution in [2.75, 3.05) is 32.1 Å². The Morgan fingerprint density at radius 3 is 2.82 bits per heavy atom. The van der Waals surface area contributed by atoms with Crippen LogP contribution in [0.15, 0.2) is 30.5 Å². The molecule has 7 nitrogen and oxygen atoms in total. The summed E-state index contributed by atoms with van der Waals surface area (Å²) in [5, 5.41) is 2.56. The molecule has 1 N–H and O–H groups in total. The van der Waals surface area contributed by atoms with Gasteiger partial charge in [-0.15, -0.1) is 0 Å². The SMILES string of the molecule is CC(=O)NCC(=O)N1CCC[C@H]1c1nc(N(C)C)ncc1-c1cccc(F)c1. The van der Waals surface area contributed by atoms with Gasteiger partial charge in [-0.1, -0.05) is 12.1 Å². The monoisotopic (exact) mass is 385 g/mol. The molecule has 0 aliphatic carbocycles. The summed E-state index contributed by atoms with van der Waals surface area (Å²) >= 11 is 0. The number of carbonyl (C=O) groups is 2. The van der Waals surface area contributed by atoms with Gasteiger partial charge in [0.05, 0.1) is 18.3 Å². The Bertz CT molecular complexity index is 887. The largest absolute Gasteiger partial charge is 0.347 e. The first-order valence-electron chi connectivity index (χ1n) is 9.21. The van der Waals surface area contributed by atoms with E-state index in [0.717, 1.165) is 12.8 Å². The number of nitrogens with zero attached hydrogens (tertiary/aromatic N) is 4. The minimum atomic E-state index is -0.342. The van der Waals surface area contributed by atoms with Gasteiger partial charge in [-0.25, -0.2) is 14.4 Å². The van der Waals surface area contributed by atoms with Gasteiger partial charge in [0, 0.05) is 39.3 Å². The Labute approximate surface area is 163 Å². The highest BCUT2D eigenvalue weighted by Gasteiger charge is 2.33. The van der Waals surface area contributed by atoms with Crippen LogP contribution in [0.1, 0.15) is 31.5 Å². The van der Waals surface area contributed by atoms with E-state index < -0.39 is 0 Å². The summed E-state index contributed by atoms with van der Waals surface area (Å²) < 4.78 is 13.8. The lowest BCUT2D eigenvalue weighted by Crippen LogP contribution is -2.39. The van der Waals surface area contributed by atoms with Crippen molar-refractivity contribution in [3.8, 4) is 11.1 Å². The highest BCUT2D eigenvalue weighted by atomic mass is 19.1. The third kappa shape index (κ3) is 4.27. The van der Waals surface area contributed by atoms with E-state index in [-0.39, 0.29) is 30.2 Å². The highest BCUT2D eigenvalue weighted by molar-refractivity contribution is 5.84. The van der Waals surface area contributed by atoms with Gasteiger partial charge in [-0.3, -0.25) is 9.59 Å². The van der Waals surface area contributed by atoms with Gasteiger partial charge in [-0.2, -0.15) is 0 Å². The van der Waals surface area contributed by atoms with Gasteiger partial charge in [0.15, 0.2) is 0 Å². The molecule has 0 saturated carbocycles. The third-order valence-electron chi connectivity index (χ3n) is 4.72. The Morgan fingerprint density at radius 1 is 1.36 bits per heavy atom. The van der Waals surface area contributed by atoms with Crippen LogP contribution in [-0.4, -0.2) is 53.9 Å². The Balaban J connectivity index is 2.01. The van der Waals surface area contributed by atoms with Gasteiger partial charge in [0.25, 0.3) is 0 Å². The number of rotatable bonds is 5. The minimum absolute atomic E-state index is 0.0489. The van der Waals surface area contributed by atoms with Gasteiger partial charge in [0.1, 0.15) is 5.82 Å². The van der Waals surface area contributed by atoms with E-state index in [9.17, 15) is 14.0 Å². The minimum Gasteiger partial charge on any atom is -0.347 e. The van der Waals surface area contributed by atoms with Crippen molar-refractivity contribution in [1.82, 2.24) is 20.2 Å². The topological polar surface area (TPSA) is 78.4 Å². The molecule has 28 heavy (non-hydrogen) atoms. The maximum atomic E-state index is 13.8. The number of benzene rings is 1. The maximum absolute atomic E-state index is 13.8. The molecule has 1 fully saturated rings. The van der Waals surface area contributed by atoms with Gasteiger partial charge in [0.2, 0.25) is 17.8 Å². The van der Waals surface area contributed by atoms with E-state index in [4.69, 9.17) is 4.98 Å². The van der Waals surface area contributed by atoms with Gasteiger partial charge in [-0.05, 0) is 30.5 Å². The molecule has 1 aliphatic heterocycles. The zero-order chi connectivity index (χ0) is 20.3. The number of anilines is 1. The van der Waals surface area contributed by atoms with Crippen LogP contribution in [-0.2, 0) is 9.59 Å². The lowest BCUT2D eigenvalue weighted by atomic mass is 9.99. The molecule has 1 aliphatic rings. The normalized spacial score (nSPS) is 16.1. The molecule has 2 amide bonds. The van der Waals surface area contributed by atoms with Crippen molar-refractivity contribution >= 4 is 17.8 Å². The first-order chi connectivity index (χ1) is 13.4. The average molecular weight is 385 g/mol. The Kier molecular flexibility index (Phi) is 5.87. The summed E-state index contributed by atoms with van der Waals surface area (Å²) in [5.41, 5.74) is 2.06. The predicted molar refractivity (Wildman–Crippen MR) is 104 cm³/mol. The van der Waals surface area contributed by atoms with Crippen LogP contribution in [0, 0.1) is 5.82 Å². The van der Waals surface area contributed by atoms with Crippen LogP contribution in [0.25, 0.3) is 11.1 Å². The van der Waals surface area contributed by atoms with Crippen molar-refractivity contribution in [3.05, 3.63) is 42.0 Å². The molecule has 148 valence electrons. The Hall–Kier alpha value is -3.03. The van der Waals surface area contributed by atoms with E-state index in [0.29, 0.717) is 29.3 Å². The number of nitrogens with one attached hydrogen (secondary N) is 1. The molecule has 8 heteroatoms. The zero-order valence-electron chi connectivity index (χ0n) is 16.3. The summed E-state index contributed by atoms with van der Waals surface area (Å²) in [4.78, 5) is 36.4. The van der Waals surface area contributed by atoms with Crippen molar-refractivity contribution < 1.29 is 14.0 Å². The van der Waals surface area contributed by atoms with Crippen LogP contribution < -0.4 is 10.2 Å². The van der Waals surface area contributed by atoms with Crippen LogP contribution >= 0.6 is 0 Å². The molecule has 0 spiro atoms. The molecule has 2 heterocycles. The molecule has 1 saturated heterocycles. The maximum Gasteiger partial charge on any atom is 0.242 e. The molecule has 1 aromatic carbocycles. The highest BCUT2D eigenvalue weighted by Crippen LogP contribution is 2.37. The second kappa shape index (κ2) is 8.33. The number of halogens is 1. The van der Waals surface area contributed by atoms with E-state index in [1.54, 1.807) is 28.1 Å². The first kappa shape index (κ1) is 19.7. The van der Waals surface area contributed by atoms with Crippen molar-refractivity contribution in [2.45, 2.75) is 25.8 Å². The number of hydrogen-bond acceptors (Lipinski definition) is 5. The summed E-state index contributed by atoms with van der Waals surface area (Å²) in [5.74, 6) is -0.226. The second-order valence-electron chi connectivity index (χ2n) is 7.03. The lowest BCUT2D eigenvalue weighted by molar-refractivity contribution is -0.133. The second-order valence-corrected chi connectivity index (χ2v) is 7.03. The zero-order valence-corrected chi connectivity index (χ0v) is 16.3. The number of hydrogen-bond donors (Lipinski definition) is 1. The van der Waals surface area contributed by atoms with Gasteiger partial charge >= 0.3 is 0 Å². The smallest absolute Gasteiger partial charge is 0.242 e. The molecule has 1 aromatic heterocycles. The number of likely N-dealkylation sites (tertiary alicyclic amines) is 1. The van der Waals surface area contributed by atoms with Crippen LogP contribution in [0.2, 0.25) is 0 Å². The molecule has 0 radical (unpaired) electrons. The molecular weight excluding hydrogens is 361 g/mol. The quantitative estimate of drug-likeness (QED) is 0.853. The fraction of sp³-hybridized carbons (Fsp3) is 0.400. The number of amides is 2. The van der Waals surface area contributed by atoms with Crippen molar-refractivity contribution in [1.29, 1.82) is 0 Å². The molecule has 2 aromatic rings. The molecular formula is C20H24FN5O2. The van der Waals surface area contributed by atoms with E-state index >= 15 is 0 Å². The van der Waals surface area contributed by atoms with Crippen molar-refractivity contribution in [3.63, 3.8) is 0 Å². The first-order valence-corrected chi connectivity index (χ1v) is 9.21.